The molecule has 0 aliphatic heterocycles. The molecule has 0 aromatic heterocycles. The van der Waals surface area contributed by atoms with Crippen molar-refractivity contribution in [1.82, 2.24) is 4.72 Å². The van der Waals surface area contributed by atoms with Crippen molar-refractivity contribution in [1.29, 1.82) is 0 Å². The van der Waals surface area contributed by atoms with Gasteiger partial charge in [-0.15, -0.1) is 0 Å². The van der Waals surface area contributed by atoms with Crippen LogP contribution in [0.15, 0.2) is 47.4 Å². The minimum Gasteiger partial charge on any atom is -0.478 e. The van der Waals surface area contributed by atoms with Crippen LogP contribution in [0.1, 0.15) is 33.9 Å². The molecule has 1 atom stereocenters. The molecule has 0 bridgehead atoms. The second kappa shape index (κ2) is 5.75. The first-order valence-corrected chi connectivity index (χ1v) is 8.50. The van der Waals surface area contributed by atoms with E-state index in [1.807, 2.05) is 0 Å². The molecule has 0 amide bonds. The van der Waals surface area contributed by atoms with Gasteiger partial charge in [0.2, 0.25) is 10.0 Å². The largest absolute Gasteiger partial charge is 0.478 e. The zero-order valence-electron chi connectivity index (χ0n) is 12.0. The van der Waals surface area contributed by atoms with Gasteiger partial charge in [-0.25, -0.2) is 22.3 Å². The van der Waals surface area contributed by atoms with E-state index in [9.17, 15) is 17.6 Å². The molecule has 0 heterocycles. The fraction of sp³-hybridized carbons (Fsp3) is 0.188. The van der Waals surface area contributed by atoms with Crippen LogP contribution < -0.4 is 4.72 Å². The van der Waals surface area contributed by atoms with E-state index in [-0.39, 0.29) is 5.56 Å². The molecule has 0 spiro atoms. The van der Waals surface area contributed by atoms with E-state index in [0.717, 1.165) is 11.6 Å². The highest BCUT2D eigenvalue weighted by molar-refractivity contribution is 7.89. The predicted octanol–water partition coefficient (Wildman–Crippen LogP) is 2.49. The maximum atomic E-state index is 13.7. The first-order valence-electron chi connectivity index (χ1n) is 7.01. The van der Waals surface area contributed by atoms with Gasteiger partial charge >= 0.3 is 5.97 Å². The molecule has 23 heavy (non-hydrogen) atoms. The number of nitrogens with one attached hydrogen (secondary N) is 1. The molecule has 1 aliphatic carbocycles. The van der Waals surface area contributed by atoms with E-state index in [2.05, 4.69) is 4.72 Å². The summed E-state index contributed by atoms with van der Waals surface area (Å²) in [5, 5.41) is 9.06. The summed E-state index contributed by atoms with van der Waals surface area (Å²) < 4.78 is 40.9. The molecule has 5 nitrogen and oxygen atoms in total. The van der Waals surface area contributed by atoms with Crippen molar-refractivity contribution in [2.75, 3.05) is 0 Å². The van der Waals surface area contributed by atoms with Gasteiger partial charge < -0.3 is 5.11 Å². The van der Waals surface area contributed by atoms with Crippen LogP contribution in [0.25, 0.3) is 0 Å². The van der Waals surface area contributed by atoms with Crippen molar-refractivity contribution in [3.8, 4) is 0 Å². The number of fused-ring (bicyclic) bond motifs is 1. The third-order valence-electron chi connectivity index (χ3n) is 3.89. The third kappa shape index (κ3) is 2.97. The Morgan fingerprint density at radius 2 is 1.96 bits per heavy atom. The Bertz CT molecular complexity index is 879. The highest BCUT2D eigenvalue weighted by Crippen LogP contribution is 2.33. The molecule has 3 rings (SSSR count). The lowest BCUT2D eigenvalue weighted by molar-refractivity contribution is 0.0696. The topological polar surface area (TPSA) is 83.5 Å². The molecular weight excluding hydrogens is 321 g/mol. The zero-order chi connectivity index (χ0) is 16.6. The van der Waals surface area contributed by atoms with Crippen LogP contribution in [0.5, 0.6) is 0 Å². The Morgan fingerprint density at radius 3 is 2.65 bits per heavy atom. The van der Waals surface area contributed by atoms with Crippen LogP contribution in [0.2, 0.25) is 0 Å². The second-order valence-electron chi connectivity index (χ2n) is 5.36. The molecule has 2 aromatic carbocycles. The number of hydrogen-bond acceptors (Lipinski definition) is 3. The molecule has 1 aliphatic rings. The third-order valence-corrected chi connectivity index (χ3v) is 5.40. The maximum absolute atomic E-state index is 13.7. The molecule has 0 fully saturated rings. The summed E-state index contributed by atoms with van der Waals surface area (Å²) in [5.41, 5.74) is 1.63. The van der Waals surface area contributed by atoms with Crippen molar-refractivity contribution in [2.45, 2.75) is 23.8 Å². The molecule has 2 N–H and O–H groups in total. The van der Waals surface area contributed by atoms with Crippen molar-refractivity contribution >= 4 is 16.0 Å². The van der Waals surface area contributed by atoms with E-state index in [0.29, 0.717) is 18.4 Å². The van der Waals surface area contributed by atoms with Crippen molar-refractivity contribution in [3.05, 3.63) is 65.0 Å². The normalized spacial score (nSPS) is 17.0. The maximum Gasteiger partial charge on any atom is 0.335 e. The summed E-state index contributed by atoms with van der Waals surface area (Å²) in [6.45, 7) is 0. The van der Waals surface area contributed by atoms with Gasteiger partial charge in [0.15, 0.2) is 0 Å². The number of sulfonamides is 1. The molecule has 120 valence electrons. The Kier molecular flexibility index (Phi) is 3.91. The van der Waals surface area contributed by atoms with Gasteiger partial charge in [-0.05, 0) is 48.2 Å². The van der Waals surface area contributed by atoms with E-state index in [4.69, 9.17) is 5.11 Å². The number of aryl methyl sites for hydroxylation is 1. The minimum absolute atomic E-state index is 0.0979. The molecule has 0 saturated carbocycles. The van der Waals surface area contributed by atoms with E-state index in [1.54, 1.807) is 6.07 Å². The average Bonchev–Trinajstić information content (AvgIpc) is 2.89. The lowest BCUT2D eigenvalue weighted by Crippen LogP contribution is -2.28. The lowest BCUT2D eigenvalue weighted by atomic mass is 10.0. The zero-order valence-corrected chi connectivity index (χ0v) is 12.8. The van der Waals surface area contributed by atoms with Gasteiger partial charge in [0.05, 0.1) is 5.56 Å². The van der Waals surface area contributed by atoms with E-state index in [1.165, 1.54) is 30.3 Å². The highest BCUT2D eigenvalue weighted by Gasteiger charge is 2.29. The van der Waals surface area contributed by atoms with Gasteiger partial charge in [-0.1, -0.05) is 18.2 Å². The van der Waals surface area contributed by atoms with Gasteiger partial charge in [0.1, 0.15) is 10.7 Å². The van der Waals surface area contributed by atoms with Crippen molar-refractivity contribution < 1.29 is 22.7 Å². The monoisotopic (exact) mass is 335 g/mol. The Labute approximate surface area is 132 Å². The summed E-state index contributed by atoms with van der Waals surface area (Å²) in [5.74, 6) is -1.90. The number of hydrogen-bond donors (Lipinski definition) is 2. The van der Waals surface area contributed by atoms with Crippen LogP contribution in [-0.2, 0) is 16.4 Å². The highest BCUT2D eigenvalue weighted by atomic mass is 32.2. The standard InChI is InChI=1S/C16H14FNO4S/c17-13-3-1-2-4-15(13)23(21,22)18-14-8-7-10-5-6-11(16(19)20)9-12(10)14/h1-6,9,14,18H,7-8H2,(H,19,20)/t14-/m1/s1. The molecule has 0 radical (unpaired) electrons. The first-order chi connectivity index (χ1) is 10.9. The van der Waals surface area contributed by atoms with Gasteiger partial charge in [-0.2, -0.15) is 0 Å². The second-order valence-corrected chi connectivity index (χ2v) is 7.04. The first kappa shape index (κ1) is 15.6. The lowest BCUT2D eigenvalue weighted by Gasteiger charge is -2.15. The Morgan fingerprint density at radius 1 is 1.22 bits per heavy atom. The fourth-order valence-electron chi connectivity index (χ4n) is 2.77. The van der Waals surface area contributed by atoms with Crippen LogP contribution in [-0.4, -0.2) is 19.5 Å². The fourth-order valence-corrected chi connectivity index (χ4v) is 4.10. The molecule has 7 heteroatoms. The van der Waals surface area contributed by atoms with Crippen molar-refractivity contribution in [2.24, 2.45) is 0 Å². The molecule has 0 saturated heterocycles. The average molecular weight is 335 g/mol. The molecule has 2 aromatic rings. The summed E-state index contributed by atoms with van der Waals surface area (Å²) >= 11 is 0. The SMILES string of the molecule is O=C(O)c1ccc2c(c1)[C@H](NS(=O)(=O)c1ccccc1F)CC2. The summed E-state index contributed by atoms with van der Waals surface area (Å²) in [7, 11) is -4.02. The van der Waals surface area contributed by atoms with Gasteiger partial charge in [-0.3, -0.25) is 0 Å². The quantitative estimate of drug-likeness (QED) is 0.899. The number of rotatable bonds is 4. The number of benzene rings is 2. The van der Waals surface area contributed by atoms with Gasteiger partial charge in [0.25, 0.3) is 0 Å². The number of carboxylic acid groups (broad SMARTS) is 1. The molecule has 0 unspecified atom stereocenters. The van der Waals surface area contributed by atoms with E-state index >= 15 is 0 Å². The van der Waals surface area contributed by atoms with Crippen molar-refractivity contribution in [3.63, 3.8) is 0 Å². The number of aromatic carboxylic acids is 1. The Hall–Kier alpha value is -2.25. The predicted molar refractivity (Wildman–Crippen MR) is 81.2 cm³/mol. The van der Waals surface area contributed by atoms with E-state index < -0.39 is 32.7 Å². The molecular formula is C16H14FNO4S. The minimum atomic E-state index is -4.02. The number of carbonyl (C=O) groups is 1. The van der Waals surface area contributed by atoms with Crippen LogP contribution in [0.3, 0.4) is 0 Å². The summed E-state index contributed by atoms with van der Waals surface area (Å²) in [6, 6.07) is 9.24. The van der Waals surface area contributed by atoms with Crippen LogP contribution >= 0.6 is 0 Å². The summed E-state index contributed by atoms with van der Waals surface area (Å²) in [6.07, 6.45) is 1.14. The Balaban J connectivity index is 1.93. The van der Waals surface area contributed by atoms with Crippen LogP contribution in [0, 0.1) is 5.82 Å². The summed E-state index contributed by atoms with van der Waals surface area (Å²) in [4.78, 5) is 10.7. The van der Waals surface area contributed by atoms with Gasteiger partial charge in [0, 0.05) is 6.04 Å². The van der Waals surface area contributed by atoms with Crippen LogP contribution in [0.4, 0.5) is 4.39 Å². The smallest absolute Gasteiger partial charge is 0.335 e. The number of carboxylic acids is 1. The number of halogens is 1.